The van der Waals surface area contributed by atoms with Gasteiger partial charge < -0.3 is 5.73 Å². The maximum absolute atomic E-state index is 13.4. The Morgan fingerprint density at radius 3 is 2.35 bits per heavy atom. The fraction of sp³-hybridized carbons (Fsp3) is 0.400. The van der Waals surface area contributed by atoms with Gasteiger partial charge in [0, 0.05) is 18.7 Å². The van der Waals surface area contributed by atoms with Crippen LogP contribution >= 0.6 is 0 Å². The number of nitrogens with two attached hydrogens (primary N) is 1. The third kappa shape index (κ3) is 2.98. The van der Waals surface area contributed by atoms with Crippen molar-refractivity contribution in [2.75, 3.05) is 5.73 Å². The van der Waals surface area contributed by atoms with Crippen LogP contribution in [0, 0.1) is 17.6 Å². The molecular weight excluding hydrogens is 260 g/mol. The first-order valence-corrected chi connectivity index (χ1v) is 6.66. The van der Waals surface area contributed by atoms with Gasteiger partial charge in [-0.2, -0.15) is 5.10 Å². The summed E-state index contributed by atoms with van der Waals surface area (Å²) in [6.45, 7) is 4.24. The number of aromatic nitrogens is 2. The van der Waals surface area contributed by atoms with Crippen molar-refractivity contribution in [3.05, 3.63) is 35.5 Å². The summed E-state index contributed by atoms with van der Waals surface area (Å²) in [5.74, 6) is -0.278. The third-order valence-corrected chi connectivity index (χ3v) is 3.27. The van der Waals surface area contributed by atoms with Crippen LogP contribution in [0.25, 0.3) is 11.1 Å². The number of anilines is 1. The molecule has 0 saturated heterocycles. The van der Waals surface area contributed by atoms with Gasteiger partial charge in [0.15, 0.2) is 0 Å². The SMILES string of the molecule is CC(C)CCc1nn(C)c(N)c1-c1cc(F)cc(F)c1. The number of rotatable bonds is 4. The monoisotopic (exact) mass is 279 g/mol. The van der Waals surface area contributed by atoms with Crippen LogP contribution in [0.1, 0.15) is 26.0 Å². The van der Waals surface area contributed by atoms with Crippen molar-refractivity contribution in [2.24, 2.45) is 13.0 Å². The number of halogens is 2. The molecule has 0 unspecified atom stereocenters. The van der Waals surface area contributed by atoms with Gasteiger partial charge in [-0.25, -0.2) is 8.78 Å². The molecule has 1 heterocycles. The summed E-state index contributed by atoms with van der Waals surface area (Å²) < 4.78 is 28.3. The van der Waals surface area contributed by atoms with Crippen molar-refractivity contribution >= 4 is 5.82 Å². The lowest BCUT2D eigenvalue weighted by atomic mass is 9.99. The van der Waals surface area contributed by atoms with Gasteiger partial charge in [0.05, 0.1) is 5.69 Å². The summed E-state index contributed by atoms with van der Waals surface area (Å²) in [5, 5.41) is 4.36. The van der Waals surface area contributed by atoms with Crippen molar-refractivity contribution in [1.29, 1.82) is 0 Å². The van der Waals surface area contributed by atoms with Crippen LogP contribution in [-0.2, 0) is 13.5 Å². The first kappa shape index (κ1) is 14.5. The number of nitrogen functional groups attached to an aromatic ring is 1. The average molecular weight is 279 g/mol. The smallest absolute Gasteiger partial charge is 0.129 e. The molecule has 1 aromatic carbocycles. The van der Waals surface area contributed by atoms with E-state index in [1.807, 2.05) is 0 Å². The van der Waals surface area contributed by atoms with E-state index in [2.05, 4.69) is 18.9 Å². The van der Waals surface area contributed by atoms with Crippen LogP contribution < -0.4 is 5.73 Å². The number of hydrogen-bond acceptors (Lipinski definition) is 2. The lowest BCUT2D eigenvalue weighted by Crippen LogP contribution is -1.98. The highest BCUT2D eigenvalue weighted by Crippen LogP contribution is 2.31. The van der Waals surface area contributed by atoms with Crippen molar-refractivity contribution in [1.82, 2.24) is 9.78 Å². The Hall–Kier alpha value is -1.91. The first-order chi connectivity index (χ1) is 9.38. The Kier molecular flexibility index (Phi) is 4.06. The van der Waals surface area contributed by atoms with Gasteiger partial charge in [-0.05, 0) is 36.5 Å². The molecule has 0 aliphatic heterocycles. The molecule has 2 rings (SSSR count). The van der Waals surface area contributed by atoms with Gasteiger partial charge in [0.25, 0.3) is 0 Å². The predicted molar refractivity (Wildman–Crippen MR) is 76.1 cm³/mol. The summed E-state index contributed by atoms with van der Waals surface area (Å²) in [7, 11) is 1.73. The molecule has 20 heavy (non-hydrogen) atoms. The third-order valence-electron chi connectivity index (χ3n) is 3.27. The molecule has 0 atom stereocenters. The minimum absolute atomic E-state index is 0.425. The molecule has 0 amide bonds. The van der Waals surface area contributed by atoms with Gasteiger partial charge in [0.1, 0.15) is 17.5 Å². The fourth-order valence-electron chi connectivity index (χ4n) is 2.21. The fourth-order valence-corrected chi connectivity index (χ4v) is 2.21. The highest BCUT2D eigenvalue weighted by molar-refractivity contribution is 5.76. The number of benzene rings is 1. The molecule has 0 spiro atoms. The lowest BCUT2D eigenvalue weighted by molar-refractivity contribution is 0.576. The van der Waals surface area contributed by atoms with Crippen LogP contribution in [-0.4, -0.2) is 9.78 Å². The van der Waals surface area contributed by atoms with E-state index in [9.17, 15) is 8.78 Å². The van der Waals surface area contributed by atoms with E-state index in [-0.39, 0.29) is 0 Å². The minimum atomic E-state index is -0.613. The van der Waals surface area contributed by atoms with Crippen molar-refractivity contribution in [3.8, 4) is 11.1 Å². The second-order valence-electron chi connectivity index (χ2n) is 5.42. The molecule has 2 N–H and O–H groups in total. The van der Waals surface area contributed by atoms with Crippen LogP contribution in [0.15, 0.2) is 18.2 Å². The van der Waals surface area contributed by atoms with E-state index >= 15 is 0 Å². The van der Waals surface area contributed by atoms with Crippen LogP contribution in [0.5, 0.6) is 0 Å². The van der Waals surface area contributed by atoms with Crippen LogP contribution in [0.3, 0.4) is 0 Å². The standard InChI is InChI=1S/C15H19F2N3/c1-9(2)4-5-13-14(15(18)20(3)19-13)10-6-11(16)8-12(17)7-10/h6-9H,4-5,18H2,1-3H3. The Morgan fingerprint density at radius 2 is 1.80 bits per heavy atom. The van der Waals surface area contributed by atoms with Crippen LogP contribution in [0.2, 0.25) is 0 Å². The summed E-state index contributed by atoms with van der Waals surface area (Å²) >= 11 is 0. The van der Waals surface area contributed by atoms with Gasteiger partial charge in [-0.3, -0.25) is 4.68 Å². The summed E-state index contributed by atoms with van der Waals surface area (Å²) in [4.78, 5) is 0. The Balaban J connectivity index is 2.48. The van der Waals surface area contributed by atoms with Gasteiger partial charge in [0.2, 0.25) is 0 Å². The molecule has 2 aromatic rings. The molecule has 1 aromatic heterocycles. The second kappa shape index (κ2) is 5.61. The number of hydrogen-bond donors (Lipinski definition) is 1. The topological polar surface area (TPSA) is 43.8 Å². The molecule has 0 fully saturated rings. The number of aryl methyl sites for hydroxylation is 2. The highest BCUT2D eigenvalue weighted by Gasteiger charge is 2.17. The molecule has 108 valence electrons. The number of nitrogens with zero attached hydrogens (tertiary/aromatic N) is 2. The zero-order valence-corrected chi connectivity index (χ0v) is 12.0. The summed E-state index contributed by atoms with van der Waals surface area (Å²) in [5.41, 5.74) is 7.85. The molecular formula is C15H19F2N3. The molecule has 5 heteroatoms. The van der Waals surface area contributed by atoms with Crippen molar-refractivity contribution in [3.63, 3.8) is 0 Å². The second-order valence-corrected chi connectivity index (χ2v) is 5.42. The molecule has 0 aliphatic carbocycles. The molecule has 3 nitrogen and oxygen atoms in total. The minimum Gasteiger partial charge on any atom is -0.383 e. The Bertz CT molecular complexity index is 598. The Morgan fingerprint density at radius 1 is 1.20 bits per heavy atom. The van der Waals surface area contributed by atoms with Crippen molar-refractivity contribution < 1.29 is 8.78 Å². The van der Waals surface area contributed by atoms with Gasteiger partial charge in [-0.15, -0.1) is 0 Å². The van der Waals surface area contributed by atoms with Crippen molar-refractivity contribution in [2.45, 2.75) is 26.7 Å². The van der Waals surface area contributed by atoms with Crippen LogP contribution in [0.4, 0.5) is 14.6 Å². The lowest BCUT2D eigenvalue weighted by Gasteiger charge is -2.06. The molecule has 0 radical (unpaired) electrons. The average Bonchev–Trinajstić information content (AvgIpc) is 2.61. The summed E-state index contributed by atoms with van der Waals surface area (Å²) in [6, 6.07) is 3.43. The first-order valence-electron chi connectivity index (χ1n) is 6.66. The van der Waals surface area contributed by atoms with E-state index in [0.29, 0.717) is 22.9 Å². The normalized spacial score (nSPS) is 11.3. The highest BCUT2D eigenvalue weighted by atomic mass is 19.1. The molecule has 0 saturated carbocycles. The molecule has 0 aliphatic rings. The van der Waals surface area contributed by atoms with E-state index in [4.69, 9.17) is 5.73 Å². The predicted octanol–water partition coefficient (Wildman–Crippen LogP) is 3.54. The van der Waals surface area contributed by atoms with E-state index < -0.39 is 11.6 Å². The zero-order valence-electron chi connectivity index (χ0n) is 12.0. The maximum atomic E-state index is 13.4. The van der Waals surface area contributed by atoms with E-state index in [1.54, 1.807) is 11.7 Å². The largest absolute Gasteiger partial charge is 0.383 e. The molecule has 0 bridgehead atoms. The van der Waals surface area contributed by atoms with Gasteiger partial charge >= 0.3 is 0 Å². The quantitative estimate of drug-likeness (QED) is 0.930. The summed E-state index contributed by atoms with van der Waals surface area (Å²) in [6.07, 6.45) is 1.68. The van der Waals surface area contributed by atoms with Gasteiger partial charge in [-0.1, -0.05) is 13.8 Å². The van der Waals surface area contributed by atoms with E-state index in [0.717, 1.165) is 24.6 Å². The van der Waals surface area contributed by atoms with E-state index in [1.165, 1.54) is 12.1 Å². The zero-order chi connectivity index (χ0) is 14.9. The maximum Gasteiger partial charge on any atom is 0.129 e. The Labute approximate surface area is 117 Å².